The predicted octanol–water partition coefficient (Wildman–Crippen LogP) is 4.72. The highest BCUT2D eigenvalue weighted by molar-refractivity contribution is 7.10. The first-order valence-electron chi connectivity index (χ1n) is 9.43. The third kappa shape index (κ3) is 3.52. The summed E-state index contributed by atoms with van der Waals surface area (Å²) in [5.41, 5.74) is 4.07. The van der Waals surface area contributed by atoms with Crippen molar-refractivity contribution in [3.8, 4) is 0 Å². The summed E-state index contributed by atoms with van der Waals surface area (Å²) >= 11 is 1.89. The lowest BCUT2D eigenvalue weighted by molar-refractivity contribution is 0.242. The molecule has 132 valence electrons. The van der Waals surface area contributed by atoms with E-state index >= 15 is 0 Å². The molecule has 1 fully saturated rings. The number of hydrogen-bond acceptors (Lipinski definition) is 3. The number of para-hydroxylation sites is 1. The molecule has 0 aliphatic carbocycles. The van der Waals surface area contributed by atoms with Crippen LogP contribution in [0, 0.1) is 0 Å². The second-order valence-corrected chi connectivity index (χ2v) is 7.89. The van der Waals surface area contributed by atoms with Gasteiger partial charge in [0.1, 0.15) is 0 Å². The van der Waals surface area contributed by atoms with Crippen LogP contribution in [-0.4, -0.2) is 29.5 Å². The zero-order chi connectivity index (χ0) is 17.1. The van der Waals surface area contributed by atoms with Gasteiger partial charge in [-0.2, -0.15) is 0 Å². The maximum atomic E-state index is 3.73. The second kappa shape index (κ2) is 7.73. The normalized spacial score (nSPS) is 16.7. The third-order valence-corrected chi connectivity index (χ3v) is 6.35. The van der Waals surface area contributed by atoms with Crippen LogP contribution in [0.5, 0.6) is 0 Å². The molecule has 0 spiro atoms. The average Bonchev–Trinajstić information content (AvgIpc) is 3.40. The summed E-state index contributed by atoms with van der Waals surface area (Å²) in [4.78, 5) is 7.61. The summed E-state index contributed by atoms with van der Waals surface area (Å²) in [6, 6.07) is 11.6. The number of nitrogens with one attached hydrogen (secondary N) is 2. The van der Waals surface area contributed by atoms with Crippen molar-refractivity contribution in [3.63, 3.8) is 0 Å². The Balaban J connectivity index is 1.45. The molecule has 0 saturated carbocycles. The summed E-state index contributed by atoms with van der Waals surface area (Å²) < 4.78 is 0. The van der Waals surface area contributed by atoms with E-state index in [1.165, 1.54) is 52.8 Å². The van der Waals surface area contributed by atoms with Crippen molar-refractivity contribution >= 4 is 22.2 Å². The number of thiophene rings is 1. The molecule has 1 aromatic carbocycles. The van der Waals surface area contributed by atoms with Gasteiger partial charge in [-0.25, -0.2) is 0 Å². The molecule has 4 heteroatoms. The lowest BCUT2D eigenvalue weighted by Gasteiger charge is -2.27. The fourth-order valence-electron chi connectivity index (χ4n) is 4.00. The van der Waals surface area contributed by atoms with Gasteiger partial charge >= 0.3 is 0 Å². The molecule has 0 unspecified atom stereocenters. The standard InChI is InChI=1S/C21H27N3S/c1-2-16-7-5-8-18-17(14-23-21(16)18)13-22-15-19(20-9-6-12-25-20)24-10-3-4-11-24/h5-9,12,14,19,22-23H,2-4,10-11,13,15H2,1H3/t19-/m1/s1. The van der Waals surface area contributed by atoms with Crippen LogP contribution in [0.2, 0.25) is 0 Å². The van der Waals surface area contributed by atoms with E-state index in [-0.39, 0.29) is 0 Å². The smallest absolute Gasteiger partial charge is 0.0566 e. The van der Waals surface area contributed by atoms with Crippen LogP contribution in [0.15, 0.2) is 41.9 Å². The minimum absolute atomic E-state index is 0.513. The van der Waals surface area contributed by atoms with Crippen LogP contribution in [0.25, 0.3) is 10.9 Å². The van der Waals surface area contributed by atoms with E-state index in [0.717, 1.165) is 19.5 Å². The van der Waals surface area contributed by atoms with Crippen LogP contribution < -0.4 is 5.32 Å². The first-order chi connectivity index (χ1) is 12.4. The first-order valence-corrected chi connectivity index (χ1v) is 10.3. The Morgan fingerprint density at radius 1 is 1.16 bits per heavy atom. The van der Waals surface area contributed by atoms with E-state index in [0.29, 0.717) is 6.04 Å². The Bertz CT molecular complexity index is 800. The quantitative estimate of drug-likeness (QED) is 0.644. The van der Waals surface area contributed by atoms with Gasteiger partial charge in [-0.15, -0.1) is 11.3 Å². The van der Waals surface area contributed by atoms with Crippen LogP contribution in [0.3, 0.4) is 0 Å². The molecule has 1 atom stereocenters. The van der Waals surface area contributed by atoms with Crippen LogP contribution in [0.1, 0.15) is 41.8 Å². The largest absolute Gasteiger partial charge is 0.361 e. The van der Waals surface area contributed by atoms with Gasteiger partial charge < -0.3 is 10.3 Å². The Morgan fingerprint density at radius 3 is 2.80 bits per heavy atom. The van der Waals surface area contributed by atoms with Gasteiger partial charge in [0.15, 0.2) is 0 Å². The van der Waals surface area contributed by atoms with Crippen LogP contribution >= 0.6 is 11.3 Å². The summed E-state index contributed by atoms with van der Waals surface area (Å²) in [5, 5.41) is 7.29. The van der Waals surface area contributed by atoms with Crippen molar-refractivity contribution in [1.82, 2.24) is 15.2 Å². The van der Waals surface area contributed by atoms with Gasteiger partial charge in [-0.1, -0.05) is 31.2 Å². The lowest BCUT2D eigenvalue weighted by Crippen LogP contribution is -2.33. The molecular weight excluding hydrogens is 326 g/mol. The molecule has 3 heterocycles. The van der Waals surface area contributed by atoms with Crippen molar-refractivity contribution in [2.45, 2.75) is 38.8 Å². The zero-order valence-corrected chi connectivity index (χ0v) is 15.7. The van der Waals surface area contributed by atoms with Crippen molar-refractivity contribution in [2.75, 3.05) is 19.6 Å². The molecule has 2 aromatic heterocycles. The molecule has 3 aromatic rings. The number of aromatic amines is 1. The van der Waals surface area contributed by atoms with Crippen molar-refractivity contribution in [3.05, 3.63) is 57.9 Å². The molecule has 1 aliphatic rings. The number of nitrogens with zero attached hydrogens (tertiary/aromatic N) is 1. The number of benzene rings is 1. The van der Waals surface area contributed by atoms with Gasteiger partial charge in [0.25, 0.3) is 0 Å². The SMILES string of the molecule is CCc1cccc2c(CNC[C@H](c3cccs3)N3CCCC3)c[nH]c12. The van der Waals surface area contributed by atoms with Crippen molar-refractivity contribution in [2.24, 2.45) is 0 Å². The number of hydrogen-bond donors (Lipinski definition) is 2. The van der Waals surface area contributed by atoms with E-state index in [4.69, 9.17) is 0 Å². The lowest BCUT2D eigenvalue weighted by atomic mass is 10.1. The van der Waals surface area contributed by atoms with Gasteiger partial charge in [-0.05, 0) is 54.9 Å². The molecule has 25 heavy (non-hydrogen) atoms. The van der Waals surface area contributed by atoms with E-state index in [1.807, 2.05) is 11.3 Å². The highest BCUT2D eigenvalue weighted by atomic mass is 32.1. The molecule has 4 rings (SSSR count). The Hall–Kier alpha value is -1.62. The first kappa shape index (κ1) is 16.8. The van der Waals surface area contributed by atoms with Crippen molar-refractivity contribution < 1.29 is 0 Å². The summed E-state index contributed by atoms with van der Waals surface area (Å²) in [6.45, 7) is 6.62. The van der Waals surface area contributed by atoms with E-state index < -0.39 is 0 Å². The fourth-order valence-corrected chi connectivity index (χ4v) is 4.86. The highest BCUT2D eigenvalue weighted by Gasteiger charge is 2.23. The van der Waals surface area contributed by atoms with E-state index in [2.05, 4.69) is 64.0 Å². The van der Waals surface area contributed by atoms with Gasteiger partial charge in [-0.3, -0.25) is 4.90 Å². The Kier molecular flexibility index (Phi) is 5.20. The monoisotopic (exact) mass is 353 g/mol. The van der Waals surface area contributed by atoms with Gasteiger partial charge in [0.05, 0.1) is 6.04 Å². The average molecular weight is 354 g/mol. The second-order valence-electron chi connectivity index (χ2n) is 6.91. The molecule has 0 bridgehead atoms. The van der Waals surface area contributed by atoms with Crippen LogP contribution in [-0.2, 0) is 13.0 Å². The molecule has 1 aliphatic heterocycles. The predicted molar refractivity (Wildman–Crippen MR) is 107 cm³/mol. The molecule has 0 radical (unpaired) electrons. The van der Waals surface area contributed by atoms with E-state index in [9.17, 15) is 0 Å². The van der Waals surface area contributed by atoms with Gasteiger partial charge in [0, 0.05) is 35.1 Å². The minimum atomic E-state index is 0.513. The molecule has 1 saturated heterocycles. The summed E-state index contributed by atoms with van der Waals surface area (Å²) in [5.74, 6) is 0. The molecular formula is C21H27N3S. The minimum Gasteiger partial charge on any atom is -0.361 e. The fraction of sp³-hybridized carbons (Fsp3) is 0.429. The number of rotatable bonds is 7. The summed E-state index contributed by atoms with van der Waals surface area (Å²) in [7, 11) is 0. The molecule has 3 nitrogen and oxygen atoms in total. The number of H-pyrrole nitrogens is 1. The number of aryl methyl sites for hydroxylation is 1. The third-order valence-electron chi connectivity index (χ3n) is 5.37. The van der Waals surface area contributed by atoms with Gasteiger partial charge in [0.2, 0.25) is 0 Å². The van der Waals surface area contributed by atoms with Crippen molar-refractivity contribution in [1.29, 1.82) is 0 Å². The zero-order valence-electron chi connectivity index (χ0n) is 14.9. The highest BCUT2D eigenvalue weighted by Crippen LogP contribution is 2.28. The maximum Gasteiger partial charge on any atom is 0.0566 e. The Labute approximate surface area is 154 Å². The number of aromatic nitrogens is 1. The number of likely N-dealkylation sites (tertiary alicyclic amines) is 1. The van der Waals surface area contributed by atoms with E-state index in [1.54, 1.807) is 0 Å². The topological polar surface area (TPSA) is 31.1 Å². The molecule has 0 amide bonds. The Morgan fingerprint density at radius 2 is 2.04 bits per heavy atom. The number of fused-ring (bicyclic) bond motifs is 1. The summed E-state index contributed by atoms with van der Waals surface area (Å²) in [6.07, 6.45) is 5.92. The maximum absolute atomic E-state index is 3.73. The van der Waals surface area contributed by atoms with Crippen LogP contribution in [0.4, 0.5) is 0 Å². The molecule has 2 N–H and O–H groups in total.